The van der Waals surface area contributed by atoms with E-state index in [4.69, 9.17) is 16.3 Å². The molecule has 0 aliphatic carbocycles. The highest BCUT2D eigenvalue weighted by Crippen LogP contribution is 2.31. The minimum atomic E-state index is -3.77. The normalized spacial score (nSPS) is 11.6. The Hall–Kier alpha value is -3.03. The van der Waals surface area contributed by atoms with Crippen LogP contribution in [0, 0.1) is 0 Å². The number of rotatable bonds is 7. The molecule has 0 heterocycles. The summed E-state index contributed by atoms with van der Waals surface area (Å²) in [6, 6.07) is 19.8. The minimum Gasteiger partial charge on any atom is -0.483 e. The van der Waals surface area contributed by atoms with Gasteiger partial charge in [-0.2, -0.15) is 0 Å². The van der Waals surface area contributed by atoms with Gasteiger partial charge in [-0.3, -0.25) is 9.52 Å². The van der Waals surface area contributed by atoms with Crippen molar-refractivity contribution in [3.63, 3.8) is 0 Å². The molecule has 168 valence electrons. The van der Waals surface area contributed by atoms with Crippen molar-refractivity contribution in [3.8, 4) is 5.75 Å². The van der Waals surface area contributed by atoms with Gasteiger partial charge in [-0.1, -0.05) is 50.6 Å². The molecule has 0 unspecified atom stereocenters. The summed E-state index contributed by atoms with van der Waals surface area (Å²) in [6.45, 7) is 6.07. The first-order chi connectivity index (χ1) is 15.0. The van der Waals surface area contributed by atoms with E-state index in [1.54, 1.807) is 24.3 Å². The van der Waals surface area contributed by atoms with Crippen LogP contribution in [-0.2, 0) is 20.2 Å². The molecule has 1 amide bonds. The van der Waals surface area contributed by atoms with E-state index in [2.05, 4.69) is 30.8 Å². The third-order valence-electron chi connectivity index (χ3n) is 4.60. The van der Waals surface area contributed by atoms with Crippen LogP contribution in [0.25, 0.3) is 0 Å². The molecule has 0 saturated carbocycles. The Morgan fingerprint density at radius 3 is 2.12 bits per heavy atom. The molecule has 0 radical (unpaired) electrons. The summed E-state index contributed by atoms with van der Waals surface area (Å²) in [5, 5.41) is 3.22. The number of amides is 1. The van der Waals surface area contributed by atoms with E-state index in [-0.39, 0.29) is 22.8 Å². The van der Waals surface area contributed by atoms with Crippen LogP contribution in [0.4, 0.5) is 11.4 Å². The molecule has 3 aromatic carbocycles. The van der Waals surface area contributed by atoms with Gasteiger partial charge in [-0.25, -0.2) is 8.42 Å². The summed E-state index contributed by atoms with van der Waals surface area (Å²) >= 11 is 5.82. The number of halogens is 1. The molecule has 8 heteroatoms. The van der Waals surface area contributed by atoms with E-state index < -0.39 is 10.0 Å². The average Bonchev–Trinajstić information content (AvgIpc) is 2.74. The van der Waals surface area contributed by atoms with E-state index in [0.29, 0.717) is 22.1 Å². The Morgan fingerprint density at radius 1 is 0.906 bits per heavy atom. The van der Waals surface area contributed by atoms with Crippen molar-refractivity contribution in [3.05, 3.63) is 83.4 Å². The zero-order chi connectivity index (χ0) is 23.4. The van der Waals surface area contributed by atoms with E-state index in [1.165, 1.54) is 24.3 Å². The van der Waals surface area contributed by atoms with Crippen LogP contribution in [-0.4, -0.2) is 20.9 Å². The molecular formula is C24H25ClN2O4S. The smallest absolute Gasteiger partial charge is 0.262 e. The zero-order valence-electron chi connectivity index (χ0n) is 18.1. The fourth-order valence-corrected chi connectivity index (χ4v) is 4.19. The highest BCUT2D eigenvalue weighted by atomic mass is 35.5. The Bertz CT molecular complexity index is 1190. The second kappa shape index (κ2) is 9.63. The number of carbonyl (C=O) groups is 1. The molecule has 0 spiro atoms. The monoisotopic (exact) mass is 472 g/mol. The van der Waals surface area contributed by atoms with Crippen molar-refractivity contribution in [2.75, 3.05) is 16.6 Å². The number of ether oxygens (including phenoxy) is 1. The molecular weight excluding hydrogens is 448 g/mol. The first-order valence-electron chi connectivity index (χ1n) is 9.95. The quantitative estimate of drug-likeness (QED) is 0.478. The number of anilines is 2. The predicted octanol–water partition coefficient (Wildman–Crippen LogP) is 5.46. The van der Waals surface area contributed by atoms with Gasteiger partial charge < -0.3 is 10.1 Å². The molecule has 0 aromatic heterocycles. The molecule has 0 bridgehead atoms. The molecule has 3 aromatic rings. The van der Waals surface area contributed by atoms with Gasteiger partial charge in [0, 0.05) is 16.4 Å². The van der Waals surface area contributed by atoms with Gasteiger partial charge in [0.2, 0.25) is 0 Å². The Morgan fingerprint density at radius 2 is 1.50 bits per heavy atom. The molecule has 0 aliphatic rings. The van der Waals surface area contributed by atoms with Gasteiger partial charge in [0.05, 0.1) is 4.90 Å². The molecule has 0 saturated heterocycles. The summed E-state index contributed by atoms with van der Waals surface area (Å²) in [4.78, 5) is 12.4. The summed E-state index contributed by atoms with van der Waals surface area (Å²) in [5.41, 5.74) is 1.76. The third-order valence-corrected chi connectivity index (χ3v) is 6.25. The Kier molecular flexibility index (Phi) is 7.11. The van der Waals surface area contributed by atoms with Crippen LogP contribution >= 0.6 is 11.6 Å². The second-order valence-electron chi connectivity index (χ2n) is 8.22. The number of para-hydroxylation sites is 1. The maximum atomic E-state index is 12.5. The van der Waals surface area contributed by atoms with Crippen molar-refractivity contribution in [1.82, 2.24) is 0 Å². The van der Waals surface area contributed by atoms with Gasteiger partial charge in [0.1, 0.15) is 5.75 Å². The van der Waals surface area contributed by atoms with Crippen molar-refractivity contribution in [2.45, 2.75) is 31.1 Å². The van der Waals surface area contributed by atoms with Gasteiger partial charge in [0.15, 0.2) is 6.61 Å². The van der Waals surface area contributed by atoms with Crippen molar-refractivity contribution in [1.29, 1.82) is 0 Å². The molecule has 2 N–H and O–H groups in total. The first kappa shape index (κ1) is 23.6. The van der Waals surface area contributed by atoms with Crippen LogP contribution in [0.3, 0.4) is 0 Å². The highest BCUT2D eigenvalue weighted by Gasteiger charge is 2.19. The number of hydrogen-bond acceptors (Lipinski definition) is 4. The number of sulfonamides is 1. The second-order valence-corrected chi connectivity index (χ2v) is 10.3. The van der Waals surface area contributed by atoms with Crippen LogP contribution < -0.4 is 14.8 Å². The lowest BCUT2D eigenvalue weighted by atomic mass is 9.86. The number of carbonyl (C=O) groups excluding carboxylic acids is 1. The van der Waals surface area contributed by atoms with Crippen molar-refractivity contribution in [2.24, 2.45) is 0 Å². The lowest BCUT2D eigenvalue weighted by Crippen LogP contribution is -2.22. The predicted molar refractivity (Wildman–Crippen MR) is 128 cm³/mol. The molecule has 32 heavy (non-hydrogen) atoms. The SMILES string of the molecule is CC(C)(C)c1ccccc1OCC(=O)Nc1ccc(S(=O)(=O)Nc2ccc(Cl)cc2)cc1. The van der Waals surface area contributed by atoms with Crippen LogP contribution in [0.2, 0.25) is 5.02 Å². The highest BCUT2D eigenvalue weighted by molar-refractivity contribution is 7.92. The summed E-state index contributed by atoms with van der Waals surface area (Å²) < 4.78 is 33.3. The maximum Gasteiger partial charge on any atom is 0.262 e. The summed E-state index contributed by atoms with van der Waals surface area (Å²) in [5.74, 6) is 0.313. The van der Waals surface area contributed by atoms with Crippen LogP contribution in [0.1, 0.15) is 26.3 Å². The average molecular weight is 473 g/mol. The fourth-order valence-electron chi connectivity index (χ4n) is 3.00. The standard InChI is InChI=1S/C24H25ClN2O4S/c1-24(2,3)21-6-4-5-7-22(21)31-16-23(28)26-18-12-14-20(15-13-18)32(29,30)27-19-10-8-17(25)9-11-19/h4-15,27H,16H2,1-3H3,(H,26,28). The van der Waals surface area contributed by atoms with E-state index in [1.807, 2.05) is 24.3 Å². The first-order valence-corrected chi connectivity index (χ1v) is 11.8. The lowest BCUT2D eigenvalue weighted by Gasteiger charge is -2.22. The summed E-state index contributed by atoms with van der Waals surface area (Å²) in [7, 11) is -3.77. The largest absolute Gasteiger partial charge is 0.483 e. The third kappa shape index (κ3) is 6.24. The van der Waals surface area contributed by atoms with E-state index in [9.17, 15) is 13.2 Å². The van der Waals surface area contributed by atoms with Crippen molar-refractivity contribution < 1.29 is 17.9 Å². The van der Waals surface area contributed by atoms with Gasteiger partial charge in [-0.05, 0) is 65.6 Å². The molecule has 3 rings (SSSR count). The zero-order valence-corrected chi connectivity index (χ0v) is 19.6. The van der Waals surface area contributed by atoms with E-state index in [0.717, 1.165) is 5.56 Å². The Balaban J connectivity index is 1.61. The lowest BCUT2D eigenvalue weighted by molar-refractivity contribution is -0.118. The number of nitrogens with one attached hydrogen (secondary N) is 2. The van der Waals surface area contributed by atoms with Gasteiger partial charge >= 0.3 is 0 Å². The Labute approximate surface area is 193 Å². The number of benzene rings is 3. The number of hydrogen-bond donors (Lipinski definition) is 2. The minimum absolute atomic E-state index is 0.0702. The van der Waals surface area contributed by atoms with E-state index >= 15 is 0 Å². The van der Waals surface area contributed by atoms with Crippen LogP contribution in [0.15, 0.2) is 77.7 Å². The molecule has 6 nitrogen and oxygen atoms in total. The molecule has 0 atom stereocenters. The topological polar surface area (TPSA) is 84.5 Å². The molecule has 0 fully saturated rings. The van der Waals surface area contributed by atoms with Crippen LogP contribution in [0.5, 0.6) is 5.75 Å². The fraction of sp³-hybridized carbons (Fsp3) is 0.208. The van der Waals surface area contributed by atoms with Gasteiger partial charge in [0.25, 0.3) is 15.9 Å². The maximum absolute atomic E-state index is 12.5. The van der Waals surface area contributed by atoms with Crippen molar-refractivity contribution >= 4 is 38.9 Å². The summed E-state index contributed by atoms with van der Waals surface area (Å²) in [6.07, 6.45) is 0. The molecule has 0 aliphatic heterocycles. The van der Waals surface area contributed by atoms with Gasteiger partial charge in [-0.15, -0.1) is 0 Å².